The maximum absolute atomic E-state index is 11.8. The summed E-state index contributed by atoms with van der Waals surface area (Å²) in [6, 6.07) is 2.62. The van der Waals surface area contributed by atoms with Crippen molar-refractivity contribution in [2.45, 2.75) is 0 Å². The Labute approximate surface area is 153 Å². The summed E-state index contributed by atoms with van der Waals surface area (Å²) in [6.07, 6.45) is 6.49. The van der Waals surface area contributed by atoms with E-state index in [0.29, 0.717) is 37.6 Å². The van der Waals surface area contributed by atoms with E-state index in [9.17, 15) is 19.8 Å². The Morgan fingerprint density at radius 1 is 0.731 bits per heavy atom. The number of anilines is 2. The molecular weight excluding hydrogens is 332 g/mol. The van der Waals surface area contributed by atoms with Crippen molar-refractivity contribution in [3.63, 3.8) is 0 Å². The molecule has 1 rings (SSSR count). The van der Waals surface area contributed by atoms with Crippen LogP contribution in [0.1, 0.15) is 20.7 Å². The van der Waals surface area contributed by atoms with Crippen molar-refractivity contribution in [1.29, 1.82) is 0 Å². The van der Waals surface area contributed by atoms with Gasteiger partial charge < -0.3 is 20.0 Å². The first-order valence-corrected chi connectivity index (χ1v) is 7.99. The van der Waals surface area contributed by atoms with Gasteiger partial charge >= 0.3 is 11.9 Å². The molecule has 0 aliphatic heterocycles. The zero-order chi connectivity index (χ0) is 19.7. The Bertz CT molecular complexity index is 644. The van der Waals surface area contributed by atoms with E-state index in [1.54, 1.807) is 34.1 Å². The van der Waals surface area contributed by atoms with Crippen molar-refractivity contribution in [3.8, 4) is 0 Å². The lowest BCUT2D eigenvalue weighted by Crippen LogP contribution is -2.32. The topological polar surface area (TPSA) is 81.1 Å². The maximum Gasteiger partial charge on any atom is 0.337 e. The summed E-state index contributed by atoms with van der Waals surface area (Å²) < 4.78 is 0. The predicted octanol–water partition coefficient (Wildman–Crippen LogP) is 3.44. The minimum atomic E-state index is -1.14. The molecule has 0 spiro atoms. The highest BCUT2D eigenvalue weighted by molar-refractivity contribution is 6.05. The largest absolute Gasteiger partial charge is 0.478 e. The monoisotopic (exact) mass is 356 g/mol. The molecule has 0 saturated heterocycles. The summed E-state index contributed by atoms with van der Waals surface area (Å²) in [7, 11) is 0. The van der Waals surface area contributed by atoms with Crippen molar-refractivity contribution in [2.75, 3.05) is 36.0 Å². The van der Waals surface area contributed by atoms with Crippen molar-refractivity contribution in [1.82, 2.24) is 0 Å². The fourth-order valence-corrected chi connectivity index (χ4v) is 2.70. The number of hydrogen-bond donors (Lipinski definition) is 2. The van der Waals surface area contributed by atoms with Crippen molar-refractivity contribution >= 4 is 23.3 Å². The van der Waals surface area contributed by atoms with Gasteiger partial charge in [-0.15, -0.1) is 26.3 Å². The highest BCUT2D eigenvalue weighted by atomic mass is 16.4. The number of carbonyl (C=O) groups is 2. The van der Waals surface area contributed by atoms with Crippen LogP contribution >= 0.6 is 0 Å². The molecular formula is C20H24N2O4. The molecule has 0 aliphatic rings. The van der Waals surface area contributed by atoms with Gasteiger partial charge in [-0.05, 0) is 12.1 Å². The van der Waals surface area contributed by atoms with Gasteiger partial charge in [-0.25, -0.2) is 9.59 Å². The van der Waals surface area contributed by atoms with Crippen LogP contribution in [0, 0.1) is 0 Å². The Morgan fingerprint density at radius 3 is 1.19 bits per heavy atom. The van der Waals surface area contributed by atoms with Crippen LogP contribution < -0.4 is 9.80 Å². The van der Waals surface area contributed by atoms with Crippen LogP contribution in [0.15, 0.2) is 62.8 Å². The minimum absolute atomic E-state index is 0.00632. The van der Waals surface area contributed by atoms with E-state index in [1.165, 1.54) is 12.1 Å². The summed E-state index contributed by atoms with van der Waals surface area (Å²) in [6.45, 7) is 16.1. The van der Waals surface area contributed by atoms with E-state index in [0.717, 1.165) is 0 Å². The average molecular weight is 356 g/mol. The third-order valence-corrected chi connectivity index (χ3v) is 3.64. The summed E-state index contributed by atoms with van der Waals surface area (Å²) >= 11 is 0. The molecule has 0 heterocycles. The van der Waals surface area contributed by atoms with Gasteiger partial charge in [0.1, 0.15) is 0 Å². The molecule has 26 heavy (non-hydrogen) atoms. The number of benzene rings is 1. The molecule has 0 amide bonds. The number of carboxylic acid groups (broad SMARTS) is 2. The van der Waals surface area contributed by atoms with Gasteiger partial charge in [0, 0.05) is 26.2 Å². The van der Waals surface area contributed by atoms with Crippen LogP contribution in [0.3, 0.4) is 0 Å². The zero-order valence-electron chi connectivity index (χ0n) is 14.7. The standard InChI is InChI=1S/C20H24N2O4/c1-5-11-21(12-6-2)17-15(19(23)24)9-10-16(20(25)26)18(17)22(13-7-3)14-8-4/h5-10H,1-4,11-14H2,(H,23,24)(H,25,26). The quantitative estimate of drug-likeness (QED) is 0.559. The Morgan fingerprint density at radius 2 is 1.00 bits per heavy atom. The Hall–Kier alpha value is -3.28. The first-order chi connectivity index (χ1) is 12.4. The SMILES string of the molecule is C=CCN(CC=C)c1c(C(=O)O)ccc(C(=O)O)c1N(CC=C)CC=C. The maximum atomic E-state index is 11.8. The van der Waals surface area contributed by atoms with E-state index in [-0.39, 0.29) is 11.1 Å². The number of nitrogens with zero attached hydrogens (tertiary/aromatic N) is 2. The van der Waals surface area contributed by atoms with Crippen LogP contribution in [0.4, 0.5) is 11.4 Å². The van der Waals surface area contributed by atoms with Gasteiger partial charge in [-0.1, -0.05) is 24.3 Å². The van der Waals surface area contributed by atoms with Gasteiger partial charge in [0.05, 0.1) is 22.5 Å². The molecule has 1 aromatic carbocycles. The van der Waals surface area contributed by atoms with E-state index in [4.69, 9.17) is 0 Å². The van der Waals surface area contributed by atoms with E-state index >= 15 is 0 Å². The van der Waals surface area contributed by atoms with Gasteiger partial charge in [0.2, 0.25) is 0 Å². The molecule has 0 saturated carbocycles. The van der Waals surface area contributed by atoms with E-state index < -0.39 is 11.9 Å². The van der Waals surface area contributed by atoms with E-state index in [1.807, 2.05) is 0 Å². The molecule has 0 aliphatic carbocycles. The lowest BCUT2D eigenvalue weighted by atomic mass is 10.0. The smallest absolute Gasteiger partial charge is 0.337 e. The number of hydrogen-bond acceptors (Lipinski definition) is 4. The number of carboxylic acids is 2. The van der Waals surface area contributed by atoms with Gasteiger partial charge in [-0.3, -0.25) is 0 Å². The van der Waals surface area contributed by atoms with Gasteiger partial charge in [-0.2, -0.15) is 0 Å². The summed E-state index contributed by atoms with van der Waals surface area (Å²) in [5, 5.41) is 19.3. The predicted molar refractivity (Wildman–Crippen MR) is 106 cm³/mol. The molecule has 0 aromatic heterocycles. The lowest BCUT2D eigenvalue weighted by Gasteiger charge is -2.32. The third-order valence-electron chi connectivity index (χ3n) is 3.64. The van der Waals surface area contributed by atoms with Gasteiger partial charge in [0.15, 0.2) is 0 Å². The normalized spacial score (nSPS) is 9.85. The molecule has 0 fully saturated rings. The molecule has 0 radical (unpaired) electrons. The third kappa shape index (κ3) is 4.63. The van der Waals surface area contributed by atoms with Crippen molar-refractivity contribution in [2.24, 2.45) is 0 Å². The highest BCUT2D eigenvalue weighted by Crippen LogP contribution is 2.37. The van der Waals surface area contributed by atoms with E-state index in [2.05, 4.69) is 26.3 Å². The second-order valence-electron chi connectivity index (χ2n) is 5.43. The fraction of sp³-hybridized carbons (Fsp3) is 0.200. The molecule has 0 bridgehead atoms. The Kier molecular flexibility index (Phi) is 7.89. The van der Waals surface area contributed by atoms with Crippen LogP contribution in [0.25, 0.3) is 0 Å². The van der Waals surface area contributed by atoms with Crippen LogP contribution in [0.2, 0.25) is 0 Å². The summed E-state index contributed by atoms with van der Waals surface area (Å²) in [5.41, 5.74) is 0.625. The molecule has 138 valence electrons. The second kappa shape index (κ2) is 9.88. The summed E-state index contributed by atoms with van der Waals surface area (Å²) in [5.74, 6) is -2.29. The first kappa shape index (κ1) is 20.8. The van der Waals surface area contributed by atoms with Crippen LogP contribution in [0.5, 0.6) is 0 Å². The number of aromatic carboxylic acids is 2. The van der Waals surface area contributed by atoms with Gasteiger partial charge in [0.25, 0.3) is 0 Å². The van der Waals surface area contributed by atoms with Crippen LogP contribution in [-0.4, -0.2) is 48.3 Å². The molecule has 6 heteroatoms. The van der Waals surface area contributed by atoms with Crippen molar-refractivity contribution in [3.05, 3.63) is 73.9 Å². The second-order valence-corrected chi connectivity index (χ2v) is 5.43. The number of rotatable bonds is 12. The molecule has 6 nitrogen and oxygen atoms in total. The highest BCUT2D eigenvalue weighted by Gasteiger charge is 2.27. The van der Waals surface area contributed by atoms with Crippen LogP contribution in [-0.2, 0) is 0 Å². The average Bonchev–Trinajstić information content (AvgIpc) is 2.60. The summed E-state index contributed by atoms with van der Waals surface area (Å²) in [4.78, 5) is 27.1. The lowest BCUT2D eigenvalue weighted by molar-refractivity contribution is 0.0682. The zero-order valence-corrected chi connectivity index (χ0v) is 14.7. The molecule has 0 unspecified atom stereocenters. The molecule has 1 aromatic rings. The Balaban J connectivity index is 3.90. The van der Waals surface area contributed by atoms with Crippen molar-refractivity contribution < 1.29 is 19.8 Å². The molecule has 0 atom stereocenters. The fourth-order valence-electron chi connectivity index (χ4n) is 2.70. The first-order valence-electron chi connectivity index (χ1n) is 7.99. The molecule has 2 N–H and O–H groups in total. The minimum Gasteiger partial charge on any atom is -0.478 e.